The summed E-state index contributed by atoms with van der Waals surface area (Å²) >= 11 is 5.53. The quantitative estimate of drug-likeness (QED) is 0.859. The number of hydrogen-bond acceptors (Lipinski definition) is 3. The number of rotatable bonds is 5. The Balaban J connectivity index is 0.00000324. The van der Waals surface area contributed by atoms with E-state index in [1.165, 1.54) is 6.07 Å². The van der Waals surface area contributed by atoms with E-state index in [0.29, 0.717) is 0 Å². The molecule has 0 spiro atoms. The van der Waals surface area contributed by atoms with Gasteiger partial charge in [-0.25, -0.2) is 26.3 Å². The molecule has 0 bridgehead atoms. The molecule has 1 aromatic rings. The van der Waals surface area contributed by atoms with Gasteiger partial charge in [-0.05, 0) is 12.1 Å². The van der Waals surface area contributed by atoms with Crippen molar-refractivity contribution in [3.63, 3.8) is 0 Å². The standard InChI is InChI=1S/C9H10ClF3N2O2S.ClH/c10-6-2-1-3-7(11)8(6)18(16,17)15-5-9(12,13)4-14;/h1-3,15H,4-5,14H2;1H. The number of nitrogens with one attached hydrogen (secondary N) is 1. The Labute approximate surface area is 119 Å². The lowest BCUT2D eigenvalue weighted by Crippen LogP contribution is -2.41. The molecule has 0 aromatic heterocycles. The first-order valence-electron chi connectivity index (χ1n) is 4.71. The van der Waals surface area contributed by atoms with Crippen LogP contribution < -0.4 is 10.5 Å². The SMILES string of the molecule is Cl.NCC(F)(F)CNS(=O)(=O)c1c(F)cccc1Cl. The molecule has 0 saturated carbocycles. The first-order chi connectivity index (χ1) is 8.19. The second-order valence-electron chi connectivity index (χ2n) is 3.44. The summed E-state index contributed by atoms with van der Waals surface area (Å²) in [4.78, 5) is -0.862. The van der Waals surface area contributed by atoms with E-state index in [2.05, 4.69) is 0 Å². The minimum atomic E-state index is -4.46. The predicted octanol–water partition coefficient (Wildman–Crippen LogP) is 1.77. The molecular formula is C9H11Cl2F3N2O2S. The number of sulfonamides is 1. The molecule has 0 aliphatic rings. The molecule has 0 amide bonds. The molecule has 0 unspecified atom stereocenters. The van der Waals surface area contributed by atoms with Gasteiger partial charge in [0.25, 0.3) is 5.92 Å². The number of alkyl halides is 2. The number of hydrogen-bond donors (Lipinski definition) is 2. The van der Waals surface area contributed by atoms with Crippen molar-refractivity contribution < 1.29 is 21.6 Å². The average molecular weight is 339 g/mol. The van der Waals surface area contributed by atoms with Gasteiger partial charge < -0.3 is 5.73 Å². The average Bonchev–Trinajstić information content (AvgIpc) is 2.26. The van der Waals surface area contributed by atoms with Gasteiger partial charge in [0.1, 0.15) is 10.7 Å². The number of halogens is 5. The monoisotopic (exact) mass is 338 g/mol. The molecule has 1 rings (SSSR count). The molecule has 0 radical (unpaired) electrons. The molecule has 0 saturated heterocycles. The van der Waals surface area contributed by atoms with Crippen molar-refractivity contribution in [2.45, 2.75) is 10.8 Å². The van der Waals surface area contributed by atoms with Gasteiger partial charge in [0.2, 0.25) is 10.0 Å². The maximum atomic E-state index is 13.3. The molecule has 0 fully saturated rings. The predicted molar refractivity (Wildman–Crippen MR) is 67.8 cm³/mol. The maximum absolute atomic E-state index is 13.3. The molecule has 19 heavy (non-hydrogen) atoms. The normalized spacial score (nSPS) is 12.1. The molecule has 10 heteroatoms. The smallest absolute Gasteiger partial charge is 0.273 e. The molecule has 0 aliphatic heterocycles. The maximum Gasteiger partial charge on any atom is 0.273 e. The summed E-state index contributed by atoms with van der Waals surface area (Å²) in [5.74, 6) is -4.53. The fourth-order valence-corrected chi connectivity index (χ4v) is 2.75. The Morgan fingerprint density at radius 3 is 2.42 bits per heavy atom. The van der Waals surface area contributed by atoms with Gasteiger partial charge in [0.15, 0.2) is 0 Å². The lowest BCUT2D eigenvalue weighted by atomic mass is 10.3. The van der Waals surface area contributed by atoms with Gasteiger partial charge in [-0.1, -0.05) is 17.7 Å². The van der Waals surface area contributed by atoms with Crippen molar-refractivity contribution >= 4 is 34.0 Å². The van der Waals surface area contributed by atoms with Crippen LogP contribution in [-0.2, 0) is 10.0 Å². The van der Waals surface area contributed by atoms with E-state index in [9.17, 15) is 21.6 Å². The molecule has 110 valence electrons. The van der Waals surface area contributed by atoms with Gasteiger partial charge in [-0.3, -0.25) is 0 Å². The van der Waals surface area contributed by atoms with Crippen LogP contribution in [0, 0.1) is 5.82 Å². The van der Waals surface area contributed by atoms with E-state index in [-0.39, 0.29) is 12.4 Å². The van der Waals surface area contributed by atoms with Crippen LogP contribution in [0.5, 0.6) is 0 Å². The van der Waals surface area contributed by atoms with Crippen molar-refractivity contribution in [3.8, 4) is 0 Å². The van der Waals surface area contributed by atoms with Crippen molar-refractivity contribution in [2.24, 2.45) is 5.73 Å². The van der Waals surface area contributed by atoms with E-state index in [0.717, 1.165) is 12.1 Å². The fourth-order valence-electron chi connectivity index (χ4n) is 1.08. The second kappa shape index (κ2) is 6.76. The number of nitrogens with two attached hydrogens (primary N) is 1. The van der Waals surface area contributed by atoms with E-state index < -0.39 is 44.8 Å². The third-order valence-corrected chi connectivity index (χ3v) is 3.91. The zero-order chi connectivity index (χ0) is 14.0. The van der Waals surface area contributed by atoms with E-state index in [1.54, 1.807) is 4.72 Å². The Kier molecular flexibility index (Phi) is 6.56. The van der Waals surface area contributed by atoms with Crippen LogP contribution >= 0.6 is 24.0 Å². The summed E-state index contributed by atoms with van der Waals surface area (Å²) in [5, 5.41) is -0.390. The van der Waals surface area contributed by atoms with Gasteiger partial charge in [0, 0.05) is 0 Å². The van der Waals surface area contributed by atoms with Gasteiger partial charge in [0.05, 0.1) is 18.1 Å². The topological polar surface area (TPSA) is 72.2 Å². The Hall–Kier alpha value is -0.540. The summed E-state index contributed by atoms with van der Waals surface area (Å²) in [6.45, 7) is -2.25. The van der Waals surface area contributed by atoms with Crippen LogP contribution in [-0.4, -0.2) is 27.4 Å². The molecule has 0 aliphatic carbocycles. The van der Waals surface area contributed by atoms with Gasteiger partial charge >= 0.3 is 0 Å². The summed E-state index contributed by atoms with van der Waals surface area (Å²) in [5.41, 5.74) is 4.75. The third kappa shape index (κ3) is 4.81. The molecule has 4 nitrogen and oxygen atoms in total. The zero-order valence-electron chi connectivity index (χ0n) is 9.37. The first-order valence-corrected chi connectivity index (χ1v) is 6.57. The minimum absolute atomic E-state index is 0. The lowest BCUT2D eigenvalue weighted by molar-refractivity contribution is 0.0170. The van der Waals surface area contributed by atoms with Crippen molar-refractivity contribution in [3.05, 3.63) is 29.0 Å². The van der Waals surface area contributed by atoms with Crippen LogP contribution in [0.4, 0.5) is 13.2 Å². The van der Waals surface area contributed by atoms with Gasteiger partial charge in [-0.2, -0.15) is 0 Å². The van der Waals surface area contributed by atoms with Crippen LogP contribution in [0.3, 0.4) is 0 Å². The third-order valence-electron chi connectivity index (χ3n) is 2.01. The molecule has 0 atom stereocenters. The minimum Gasteiger partial charge on any atom is -0.325 e. The highest BCUT2D eigenvalue weighted by atomic mass is 35.5. The highest BCUT2D eigenvalue weighted by Gasteiger charge is 2.31. The van der Waals surface area contributed by atoms with Crippen molar-refractivity contribution in [1.29, 1.82) is 0 Å². The Bertz CT molecular complexity index is 520. The second-order valence-corrected chi connectivity index (χ2v) is 5.55. The molecular weight excluding hydrogens is 328 g/mol. The summed E-state index contributed by atoms with van der Waals surface area (Å²) in [6, 6.07) is 3.20. The van der Waals surface area contributed by atoms with Crippen LogP contribution in [0.2, 0.25) is 5.02 Å². The van der Waals surface area contributed by atoms with Crippen LogP contribution in [0.15, 0.2) is 23.1 Å². The molecule has 0 heterocycles. The molecule has 1 aromatic carbocycles. The zero-order valence-corrected chi connectivity index (χ0v) is 11.8. The largest absolute Gasteiger partial charge is 0.325 e. The first kappa shape index (κ1) is 18.5. The Morgan fingerprint density at radius 1 is 1.37 bits per heavy atom. The van der Waals surface area contributed by atoms with Crippen LogP contribution in [0.1, 0.15) is 0 Å². The van der Waals surface area contributed by atoms with E-state index in [4.69, 9.17) is 17.3 Å². The fraction of sp³-hybridized carbons (Fsp3) is 0.333. The number of benzene rings is 1. The summed E-state index contributed by atoms with van der Waals surface area (Å²) in [6.07, 6.45) is 0. The van der Waals surface area contributed by atoms with Crippen molar-refractivity contribution in [2.75, 3.05) is 13.1 Å². The van der Waals surface area contributed by atoms with Crippen LogP contribution in [0.25, 0.3) is 0 Å². The van der Waals surface area contributed by atoms with E-state index in [1.807, 2.05) is 0 Å². The summed E-state index contributed by atoms with van der Waals surface area (Å²) in [7, 11) is -4.46. The Morgan fingerprint density at radius 2 is 1.95 bits per heavy atom. The molecule has 3 N–H and O–H groups in total. The highest BCUT2D eigenvalue weighted by molar-refractivity contribution is 7.89. The lowest BCUT2D eigenvalue weighted by Gasteiger charge is -2.15. The van der Waals surface area contributed by atoms with Crippen molar-refractivity contribution in [1.82, 2.24) is 4.72 Å². The highest BCUT2D eigenvalue weighted by Crippen LogP contribution is 2.24. The summed E-state index contributed by atoms with van der Waals surface area (Å²) < 4.78 is 63.8. The van der Waals surface area contributed by atoms with Gasteiger partial charge in [-0.15, -0.1) is 12.4 Å². The van der Waals surface area contributed by atoms with E-state index >= 15 is 0 Å².